The van der Waals surface area contributed by atoms with E-state index in [1.165, 1.54) is 25.5 Å². The van der Waals surface area contributed by atoms with Crippen molar-refractivity contribution in [2.75, 3.05) is 31.7 Å². The molecular formula is C27H30F5N5O2. The van der Waals surface area contributed by atoms with Crippen LogP contribution in [0.4, 0.5) is 27.6 Å². The summed E-state index contributed by atoms with van der Waals surface area (Å²) in [5.74, 6) is 4.01. The fraction of sp³-hybridized carbons (Fsp3) is 0.333. The van der Waals surface area contributed by atoms with Gasteiger partial charge in [-0.2, -0.15) is 17.6 Å². The maximum absolute atomic E-state index is 13.7. The molecule has 0 bridgehead atoms. The quantitative estimate of drug-likeness (QED) is 0.203. The zero-order chi connectivity index (χ0) is 28.6. The SMILES string of the molecule is COC/C=C(\C=C/CC1=CC(F)=NCC(F)=C1)C(/N)=C/N(N)C1CCc2ccccc2N(CC(F)(F)F)C1=O. The number of hydrazine groups is 1. The van der Waals surface area contributed by atoms with Crippen LogP contribution in [0.2, 0.25) is 0 Å². The largest absolute Gasteiger partial charge is 0.406 e. The lowest BCUT2D eigenvalue weighted by Gasteiger charge is -2.30. The highest BCUT2D eigenvalue weighted by Gasteiger charge is 2.39. The number of hydrogen-bond acceptors (Lipinski definition) is 6. The maximum Gasteiger partial charge on any atom is 0.406 e. The topological polar surface area (TPSA) is 97.2 Å². The predicted molar refractivity (Wildman–Crippen MR) is 140 cm³/mol. The highest BCUT2D eigenvalue weighted by Crippen LogP contribution is 2.31. The van der Waals surface area contributed by atoms with Crippen molar-refractivity contribution in [3.63, 3.8) is 0 Å². The highest BCUT2D eigenvalue weighted by molar-refractivity contribution is 5.98. The van der Waals surface area contributed by atoms with Crippen LogP contribution < -0.4 is 16.5 Å². The molecule has 2 aliphatic rings. The van der Waals surface area contributed by atoms with E-state index in [2.05, 4.69) is 4.99 Å². The van der Waals surface area contributed by atoms with Crippen molar-refractivity contribution in [1.29, 1.82) is 0 Å². The number of nitrogens with two attached hydrogens (primary N) is 2. The first-order valence-corrected chi connectivity index (χ1v) is 12.1. The van der Waals surface area contributed by atoms with Gasteiger partial charge in [0.25, 0.3) is 5.91 Å². The van der Waals surface area contributed by atoms with Crippen LogP contribution in [0.5, 0.6) is 0 Å². The Labute approximate surface area is 223 Å². The Morgan fingerprint density at radius 3 is 2.72 bits per heavy atom. The minimum absolute atomic E-state index is 0.104. The number of alkyl halides is 3. The molecule has 0 radical (unpaired) electrons. The second-order valence-electron chi connectivity index (χ2n) is 8.93. The number of nitrogens with zero attached hydrogens (tertiary/aromatic N) is 3. The molecule has 12 heteroatoms. The molecule has 2 heterocycles. The minimum atomic E-state index is -4.62. The summed E-state index contributed by atoms with van der Waals surface area (Å²) in [5, 5.41) is 1.01. The third-order valence-electron chi connectivity index (χ3n) is 5.99. The number of aryl methyl sites for hydroxylation is 1. The van der Waals surface area contributed by atoms with Gasteiger partial charge in [0.2, 0.25) is 5.97 Å². The zero-order valence-electron chi connectivity index (χ0n) is 21.3. The van der Waals surface area contributed by atoms with E-state index >= 15 is 0 Å². The van der Waals surface area contributed by atoms with Crippen LogP contribution in [0.3, 0.4) is 0 Å². The van der Waals surface area contributed by atoms with E-state index in [0.717, 1.165) is 11.1 Å². The molecule has 0 spiro atoms. The summed E-state index contributed by atoms with van der Waals surface area (Å²) in [6.07, 6.45) is 4.45. The number of benzene rings is 1. The lowest BCUT2D eigenvalue weighted by molar-refractivity contribution is -0.135. The van der Waals surface area contributed by atoms with Crippen LogP contribution in [0.1, 0.15) is 18.4 Å². The number of rotatable bonds is 9. The number of fused-ring (bicyclic) bond motifs is 1. The van der Waals surface area contributed by atoms with Gasteiger partial charge in [-0.15, -0.1) is 0 Å². The summed E-state index contributed by atoms with van der Waals surface area (Å²) >= 11 is 0. The standard InChI is InChI=1S/C27H30F5N5O2/c1-39-12-11-19(7-4-5-18-13-21(28)15-35-25(29)14-18)22(33)16-37(34)24-10-9-20-6-2-3-8-23(20)36(26(24)38)17-27(30,31)32/h2-4,6-8,11,13-14,16,24H,5,9-10,12,15,17,33-34H2,1H3/b7-4-,19-11+,22-16-. The molecule has 0 fully saturated rings. The molecule has 4 N–H and O–H groups in total. The van der Waals surface area contributed by atoms with Crippen molar-refractivity contribution < 1.29 is 31.5 Å². The summed E-state index contributed by atoms with van der Waals surface area (Å²) in [6, 6.07) is 5.31. The van der Waals surface area contributed by atoms with Crippen molar-refractivity contribution in [2.45, 2.75) is 31.5 Å². The smallest absolute Gasteiger partial charge is 0.397 e. The van der Waals surface area contributed by atoms with Crippen molar-refractivity contribution in [2.24, 2.45) is 16.6 Å². The van der Waals surface area contributed by atoms with E-state index in [1.54, 1.807) is 36.4 Å². The summed E-state index contributed by atoms with van der Waals surface area (Å²) < 4.78 is 72.5. The van der Waals surface area contributed by atoms with Crippen LogP contribution in [-0.2, 0) is 16.0 Å². The molecule has 2 aliphatic heterocycles. The van der Waals surface area contributed by atoms with E-state index in [-0.39, 0.29) is 37.4 Å². The number of carbonyl (C=O) groups is 1. The molecule has 1 amide bonds. The predicted octanol–water partition coefficient (Wildman–Crippen LogP) is 4.55. The molecule has 1 aromatic carbocycles. The molecule has 3 rings (SSSR count). The minimum Gasteiger partial charge on any atom is -0.397 e. The second-order valence-corrected chi connectivity index (χ2v) is 8.93. The number of carbonyl (C=O) groups excluding carboxylic acids is 1. The molecule has 0 aliphatic carbocycles. The fourth-order valence-corrected chi connectivity index (χ4v) is 4.18. The van der Waals surface area contributed by atoms with Gasteiger partial charge in [-0.25, -0.2) is 10.2 Å². The molecule has 0 saturated heterocycles. The van der Waals surface area contributed by atoms with Crippen molar-refractivity contribution in [3.8, 4) is 0 Å². The molecule has 210 valence electrons. The van der Waals surface area contributed by atoms with Gasteiger partial charge in [-0.05, 0) is 60.3 Å². The number of methoxy groups -OCH3 is 1. The highest BCUT2D eigenvalue weighted by atomic mass is 19.4. The number of allylic oxidation sites excluding steroid dienone is 5. The van der Waals surface area contributed by atoms with E-state index in [9.17, 15) is 26.7 Å². The number of aliphatic imine (C=N–C) groups is 1. The lowest BCUT2D eigenvalue weighted by atomic mass is 10.1. The maximum atomic E-state index is 13.7. The number of anilines is 1. The van der Waals surface area contributed by atoms with Gasteiger partial charge in [0.05, 0.1) is 18.8 Å². The van der Waals surface area contributed by atoms with Gasteiger partial charge in [-0.3, -0.25) is 9.79 Å². The molecule has 1 atom stereocenters. The molecular weight excluding hydrogens is 521 g/mol. The van der Waals surface area contributed by atoms with Gasteiger partial charge in [0.15, 0.2) is 0 Å². The Kier molecular flexibility index (Phi) is 10.2. The summed E-state index contributed by atoms with van der Waals surface area (Å²) in [7, 11) is 1.47. The van der Waals surface area contributed by atoms with Crippen LogP contribution in [-0.4, -0.2) is 55.9 Å². The van der Waals surface area contributed by atoms with Crippen LogP contribution in [0.25, 0.3) is 0 Å². The molecule has 39 heavy (non-hydrogen) atoms. The Hall–Kier alpha value is -3.77. The van der Waals surface area contributed by atoms with E-state index in [0.29, 0.717) is 28.0 Å². The first-order chi connectivity index (χ1) is 18.5. The van der Waals surface area contributed by atoms with Crippen molar-refractivity contribution >= 4 is 17.6 Å². The number of halogens is 5. The summed E-state index contributed by atoms with van der Waals surface area (Å²) in [6.45, 7) is -1.67. The first-order valence-electron chi connectivity index (χ1n) is 12.1. The molecule has 7 nitrogen and oxygen atoms in total. The number of ether oxygens (including phenoxy) is 1. The zero-order valence-corrected chi connectivity index (χ0v) is 21.3. The Morgan fingerprint density at radius 1 is 1.26 bits per heavy atom. The molecule has 1 unspecified atom stereocenters. The van der Waals surface area contributed by atoms with Crippen LogP contribution in [0, 0.1) is 0 Å². The number of para-hydroxylation sites is 1. The number of hydrogen-bond donors (Lipinski definition) is 2. The van der Waals surface area contributed by atoms with Gasteiger partial charge in [-0.1, -0.05) is 30.4 Å². The summed E-state index contributed by atoms with van der Waals surface area (Å²) in [4.78, 5) is 17.4. The Morgan fingerprint density at radius 2 is 2.00 bits per heavy atom. The normalized spacial score (nSPS) is 19.3. The van der Waals surface area contributed by atoms with Crippen molar-refractivity contribution in [3.05, 3.63) is 89.1 Å². The average molecular weight is 552 g/mol. The van der Waals surface area contributed by atoms with Gasteiger partial charge >= 0.3 is 6.18 Å². The van der Waals surface area contributed by atoms with E-state index < -0.39 is 36.5 Å². The molecule has 0 saturated carbocycles. The van der Waals surface area contributed by atoms with Gasteiger partial charge < -0.3 is 20.4 Å². The van der Waals surface area contributed by atoms with E-state index in [1.807, 2.05) is 0 Å². The van der Waals surface area contributed by atoms with Crippen molar-refractivity contribution in [1.82, 2.24) is 5.01 Å². The monoisotopic (exact) mass is 551 g/mol. The van der Waals surface area contributed by atoms with Crippen LogP contribution in [0.15, 0.2) is 88.5 Å². The lowest BCUT2D eigenvalue weighted by Crippen LogP contribution is -2.51. The summed E-state index contributed by atoms with van der Waals surface area (Å²) in [5.41, 5.74) is 7.93. The fourth-order valence-electron chi connectivity index (χ4n) is 4.18. The average Bonchev–Trinajstić information content (AvgIpc) is 3.11. The third-order valence-corrected chi connectivity index (χ3v) is 5.99. The Bertz CT molecular complexity index is 1230. The number of amides is 1. The molecule has 1 aromatic rings. The second kappa shape index (κ2) is 13.3. The van der Waals surface area contributed by atoms with E-state index in [4.69, 9.17) is 16.3 Å². The third kappa shape index (κ3) is 8.62. The van der Waals surface area contributed by atoms with Gasteiger partial charge in [0.1, 0.15) is 18.4 Å². The van der Waals surface area contributed by atoms with Crippen LogP contribution >= 0.6 is 0 Å². The first kappa shape index (κ1) is 29.8. The van der Waals surface area contributed by atoms with Gasteiger partial charge in [0, 0.05) is 19.0 Å². The Balaban J connectivity index is 1.83. The molecule has 0 aromatic heterocycles.